The van der Waals surface area contributed by atoms with E-state index in [0.717, 1.165) is 0 Å². The van der Waals surface area contributed by atoms with Gasteiger partial charge in [0.1, 0.15) is 0 Å². The molecule has 0 atom stereocenters. The van der Waals surface area contributed by atoms with Crippen molar-refractivity contribution in [1.82, 2.24) is 0 Å². The third-order valence-electron chi connectivity index (χ3n) is 0.767. The largest absolute Gasteiger partial charge is 0.295 e. The predicted octanol–water partition coefficient (Wildman–Crippen LogP) is 1.71. The molecule has 0 saturated heterocycles. The number of carbonyl (C=O) groups excluding carboxylic acids is 1. The van der Waals surface area contributed by atoms with Crippen LogP contribution < -0.4 is 0 Å². The smallest absolute Gasteiger partial charge is 0.155 e. The summed E-state index contributed by atoms with van der Waals surface area (Å²) in [5.74, 6) is 0.143. The van der Waals surface area contributed by atoms with Gasteiger partial charge in [-0.15, -0.1) is 0 Å². The molecule has 44 valence electrons. The highest BCUT2D eigenvalue weighted by Crippen LogP contribution is 1.82. The predicted molar refractivity (Wildman–Crippen MR) is 34.6 cm³/mol. The lowest BCUT2D eigenvalue weighted by atomic mass is 10.3. The monoisotopic (exact) mass is 110 g/mol. The fourth-order valence-electron chi connectivity index (χ4n) is 0.293. The molecule has 0 heterocycles. The summed E-state index contributed by atoms with van der Waals surface area (Å²) in [4.78, 5) is 10.4. The minimum absolute atomic E-state index is 0.143. The molecule has 0 amide bonds. The second-order valence-corrected chi connectivity index (χ2v) is 1.41. The van der Waals surface area contributed by atoms with Crippen molar-refractivity contribution in [3.63, 3.8) is 0 Å². The average molecular weight is 110 g/mol. The van der Waals surface area contributed by atoms with Crippen LogP contribution in [0.3, 0.4) is 0 Å². The zero-order chi connectivity index (χ0) is 6.41. The van der Waals surface area contributed by atoms with E-state index in [2.05, 4.69) is 6.58 Å². The van der Waals surface area contributed by atoms with Gasteiger partial charge in [-0.1, -0.05) is 25.7 Å². The fourth-order valence-corrected chi connectivity index (χ4v) is 0.293. The molecule has 0 spiro atoms. The van der Waals surface area contributed by atoms with Crippen molar-refractivity contribution in [2.45, 2.75) is 13.3 Å². The molecule has 0 aromatic heterocycles. The zero-order valence-corrected chi connectivity index (χ0v) is 5.05. The summed E-state index contributed by atoms with van der Waals surface area (Å²) in [6.07, 6.45) is 5.33. The molecule has 0 N–H and O–H groups in total. The Morgan fingerprint density at radius 1 is 1.75 bits per heavy atom. The van der Waals surface area contributed by atoms with Gasteiger partial charge >= 0.3 is 0 Å². The van der Waals surface area contributed by atoms with Crippen LogP contribution in [-0.4, -0.2) is 5.78 Å². The molecule has 0 fully saturated rings. The number of rotatable bonds is 3. The van der Waals surface area contributed by atoms with E-state index in [1.54, 1.807) is 12.2 Å². The molecule has 0 aliphatic rings. The molecule has 1 nitrogen and oxygen atoms in total. The summed E-state index contributed by atoms with van der Waals surface area (Å²) in [7, 11) is 0. The molecular weight excluding hydrogens is 100 g/mol. The molecule has 0 unspecified atom stereocenters. The minimum atomic E-state index is 0.143. The summed E-state index contributed by atoms with van der Waals surface area (Å²) < 4.78 is 0. The molecule has 8 heavy (non-hydrogen) atoms. The van der Waals surface area contributed by atoms with Crippen molar-refractivity contribution in [3.05, 3.63) is 24.8 Å². The van der Waals surface area contributed by atoms with Gasteiger partial charge in [0.2, 0.25) is 0 Å². The lowest BCUT2D eigenvalue weighted by Gasteiger charge is -1.79. The number of ketones is 1. The second-order valence-electron chi connectivity index (χ2n) is 1.41. The lowest BCUT2D eigenvalue weighted by Crippen LogP contribution is -1.85. The van der Waals surface area contributed by atoms with E-state index in [4.69, 9.17) is 0 Å². The molecule has 1 heteroatoms. The van der Waals surface area contributed by atoms with E-state index in [-0.39, 0.29) is 5.78 Å². The summed E-state index contributed by atoms with van der Waals surface area (Å²) in [5.41, 5.74) is 0. The third kappa shape index (κ3) is 3.34. The second kappa shape index (κ2) is 4.31. The van der Waals surface area contributed by atoms with Crippen LogP contribution in [0.15, 0.2) is 24.8 Å². The number of carbonyl (C=O) groups is 1. The SMILES string of the molecule is C=C/C=C\C(=O)CC. The molecule has 0 rings (SSSR count). The normalized spacial score (nSPS) is 9.62. The first-order chi connectivity index (χ1) is 3.81. The van der Waals surface area contributed by atoms with Gasteiger partial charge in [0, 0.05) is 6.42 Å². The van der Waals surface area contributed by atoms with Crippen LogP contribution in [0, 0.1) is 0 Å². The van der Waals surface area contributed by atoms with Crippen LogP contribution in [-0.2, 0) is 4.79 Å². The molecule has 0 aromatic rings. The maximum absolute atomic E-state index is 10.4. The van der Waals surface area contributed by atoms with Crippen LogP contribution in [0.5, 0.6) is 0 Å². The van der Waals surface area contributed by atoms with Gasteiger partial charge in [0.05, 0.1) is 0 Å². The van der Waals surface area contributed by atoms with E-state index in [0.29, 0.717) is 6.42 Å². The van der Waals surface area contributed by atoms with Gasteiger partial charge in [-0.25, -0.2) is 0 Å². The molecular formula is C7H10O. The van der Waals surface area contributed by atoms with Crippen molar-refractivity contribution >= 4 is 5.78 Å². The number of hydrogen-bond donors (Lipinski definition) is 0. The Labute approximate surface area is 49.7 Å². The van der Waals surface area contributed by atoms with Crippen LogP contribution in [0.1, 0.15) is 13.3 Å². The van der Waals surface area contributed by atoms with Crippen molar-refractivity contribution in [1.29, 1.82) is 0 Å². The van der Waals surface area contributed by atoms with E-state index in [1.165, 1.54) is 6.08 Å². The molecule has 0 aliphatic carbocycles. The van der Waals surface area contributed by atoms with Crippen LogP contribution in [0.25, 0.3) is 0 Å². The Kier molecular flexibility index (Phi) is 3.85. The number of allylic oxidation sites excluding steroid dienone is 3. The van der Waals surface area contributed by atoms with Gasteiger partial charge in [-0.2, -0.15) is 0 Å². The van der Waals surface area contributed by atoms with Crippen molar-refractivity contribution in [2.75, 3.05) is 0 Å². The highest BCUT2D eigenvalue weighted by atomic mass is 16.1. The molecule has 0 aliphatic heterocycles. The molecule has 0 aromatic carbocycles. The van der Waals surface area contributed by atoms with Gasteiger partial charge in [0.15, 0.2) is 5.78 Å². The highest BCUT2D eigenvalue weighted by Gasteiger charge is 1.84. The van der Waals surface area contributed by atoms with E-state index >= 15 is 0 Å². The van der Waals surface area contributed by atoms with Gasteiger partial charge in [-0.3, -0.25) is 4.79 Å². The quantitative estimate of drug-likeness (QED) is 0.399. The lowest BCUT2D eigenvalue weighted by molar-refractivity contribution is -0.114. The first-order valence-electron chi connectivity index (χ1n) is 2.63. The Morgan fingerprint density at radius 3 is 2.75 bits per heavy atom. The van der Waals surface area contributed by atoms with E-state index in [9.17, 15) is 4.79 Å². The summed E-state index contributed by atoms with van der Waals surface area (Å²) in [5, 5.41) is 0. The molecule has 0 radical (unpaired) electrons. The topological polar surface area (TPSA) is 17.1 Å². The third-order valence-corrected chi connectivity index (χ3v) is 0.767. The summed E-state index contributed by atoms with van der Waals surface area (Å²) >= 11 is 0. The Morgan fingerprint density at radius 2 is 2.38 bits per heavy atom. The standard InChI is InChI=1S/C7H10O/c1-3-5-6-7(8)4-2/h3,5-6H,1,4H2,2H3/b6-5-. The maximum atomic E-state index is 10.4. The van der Waals surface area contributed by atoms with Gasteiger partial charge in [0.25, 0.3) is 0 Å². The van der Waals surface area contributed by atoms with Crippen molar-refractivity contribution in [2.24, 2.45) is 0 Å². The first kappa shape index (κ1) is 7.15. The number of hydrogen-bond acceptors (Lipinski definition) is 1. The Hall–Kier alpha value is -0.850. The Bertz CT molecular complexity index is 112. The van der Waals surface area contributed by atoms with Crippen LogP contribution >= 0.6 is 0 Å². The van der Waals surface area contributed by atoms with E-state index < -0.39 is 0 Å². The fraction of sp³-hybridized carbons (Fsp3) is 0.286. The van der Waals surface area contributed by atoms with E-state index in [1.807, 2.05) is 6.92 Å². The summed E-state index contributed by atoms with van der Waals surface area (Å²) in [6.45, 7) is 5.26. The molecule has 0 saturated carbocycles. The minimum Gasteiger partial charge on any atom is -0.295 e. The van der Waals surface area contributed by atoms with Crippen molar-refractivity contribution < 1.29 is 4.79 Å². The summed E-state index contributed by atoms with van der Waals surface area (Å²) in [6, 6.07) is 0. The Balaban J connectivity index is 3.52. The highest BCUT2D eigenvalue weighted by molar-refractivity contribution is 5.89. The van der Waals surface area contributed by atoms with Gasteiger partial charge in [-0.05, 0) is 6.08 Å². The molecule has 0 bridgehead atoms. The van der Waals surface area contributed by atoms with Crippen LogP contribution in [0.4, 0.5) is 0 Å². The zero-order valence-electron chi connectivity index (χ0n) is 5.05. The van der Waals surface area contributed by atoms with Gasteiger partial charge < -0.3 is 0 Å². The van der Waals surface area contributed by atoms with Crippen molar-refractivity contribution in [3.8, 4) is 0 Å². The van der Waals surface area contributed by atoms with Crippen LogP contribution in [0.2, 0.25) is 0 Å². The first-order valence-corrected chi connectivity index (χ1v) is 2.63. The average Bonchev–Trinajstić information content (AvgIpc) is 1.83. The maximum Gasteiger partial charge on any atom is 0.155 e.